The first-order chi connectivity index (χ1) is 5.34. The van der Waals surface area contributed by atoms with E-state index in [-0.39, 0.29) is 0 Å². The van der Waals surface area contributed by atoms with E-state index >= 15 is 0 Å². The second kappa shape index (κ2) is 4.27. The molecule has 1 aliphatic rings. The summed E-state index contributed by atoms with van der Waals surface area (Å²) in [5.74, 6) is 0.722. The molecule has 1 fully saturated rings. The molecule has 0 aromatic rings. The number of ketones is 1. The molecule has 11 heavy (non-hydrogen) atoms. The fourth-order valence-electron chi connectivity index (χ4n) is 1.29. The number of rotatable bonds is 5. The SMILES string of the molecule is O=CCCCC(=O)C1CCC1. The Morgan fingerprint density at radius 2 is 2.18 bits per heavy atom. The van der Waals surface area contributed by atoms with Gasteiger partial charge in [0, 0.05) is 18.8 Å². The van der Waals surface area contributed by atoms with Gasteiger partial charge in [-0.05, 0) is 19.3 Å². The van der Waals surface area contributed by atoms with Gasteiger partial charge in [-0.25, -0.2) is 0 Å². The second-order valence-electron chi connectivity index (χ2n) is 3.15. The number of aldehydes is 1. The molecule has 0 saturated heterocycles. The van der Waals surface area contributed by atoms with E-state index in [4.69, 9.17) is 0 Å². The predicted octanol–water partition coefficient (Wildman–Crippen LogP) is 1.72. The topological polar surface area (TPSA) is 34.1 Å². The summed E-state index contributed by atoms with van der Waals surface area (Å²) in [4.78, 5) is 21.1. The molecule has 0 bridgehead atoms. The third-order valence-corrected chi connectivity index (χ3v) is 2.31. The van der Waals surface area contributed by atoms with E-state index in [0.29, 0.717) is 24.5 Å². The van der Waals surface area contributed by atoms with E-state index in [1.54, 1.807) is 0 Å². The largest absolute Gasteiger partial charge is 0.303 e. The van der Waals surface area contributed by atoms with Gasteiger partial charge >= 0.3 is 0 Å². The molecule has 0 aliphatic heterocycles. The van der Waals surface area contributed by atoms with Crippen molar-refractivity contribution < 1.29 is 9.59 Å². The van der Waals surface area contributed by atoms with E-state index in [2.05, 4.69) is 0 Å². The van der Waals surface area contributed by atoms with Crippen molar-refractivity contribution in [1.29, 1.82) is 0 Å². The highest BCUT2D eigenvalue weighted by molar-refractivity contribution is 5.81. The third-order valence-electron chi connectivity index (χ3n) is 2.31. The molecule has 0 radical (unpaired) electrons. The van der Waals surface area contributed by atoms with Crippen molar-refractivity contribution in [3.05, 3.63) is 0 Å². The van der Waals surface area contributed by atoms with Crippen molar-refractivity contribution in [1.82, 2.24) is 0 Å². The zero-order valence-corrected chi connectivity index (χ0v) is 6.71. The van der Waals surface area contributed by atoms with Crippen LogP contribution in [0.15, 0.2) is 0 Å². The maximum absolute atomic E-state index is 11.2. The molecule has 0 N–H and O–H groups in total. The highest BCUT2D eigenvalue weighted by Crippen LogP contribution is 2.28. The average Bonchev–Trinajstić information content (AvgIpc) is 1.84. The molecular weight excluding hydrogens is 140 g/mol. The molecule has 0 aromatic carbocycles. The van der Waals surface area contributed by atoms with E-state index in [1.165, 1.54) is 6.42 Å². The quantitative estimate of drug-likeness (QED) is 0.446. The first-order valence-electron chi connectivity index (χ1n) is 4.31. The van der Waals surface area contributed by atoms with Crippen LogP contribution < -0.4 is 0 Å². The minimum atomic E-state index is 0.349. The summed E-state index contributed by atoms with van der Waals surface area (Å²) in [5.41, 5.74) is 0. The normalized spacial score (nSPS) is 17.5. The van der Waals surface area contributed by atoms with Gasteiger partial charge in [0.05, 0.1) is 0 Å². The second-order valence-corrected chi connectivity index (χ2v) is 3.15. The lowest BCUT2D eigenvalue weighted by Gasteiger charge is -2.23. The zero-order valence-electron chi connectivity index (χ0n) is 6.71. The van der Waals surface area contributed by atoms with Crippen LogP contribution >= 0.6 is 0 Å². The molecule has 0 atom stereocenters. The summed E-state index contributed by atoms with van der Waals surface area (Å²) in [5, 5.41) is 0. The molecule has 1 saturated carbocycles. The molecule has 0 spiro atoms. The van der Waals surface area contributed by atoms with Crippen molar-refractivity contribution >= 4 is 12.1 Å². The standard InChI is InChI=1S/C9H14O2/c10-7-2-1-6-9(11)8-4-3-5-8/h7-8H,1-6H2. The van der Waals surface area contributed by atoms with Gasteiger partial charge in [0.1, 0.15) is 12.1 Å². The van der Waals surface area contributed by atoms with Crippen LogP contribution in [0.4, 0.5) is 0 Å². The maximum Gasteiger partial charge on any atom is 0.135 e. The van der Waals surface area contributed by atoms with Gasteiger partial charge in [-0.15, -0.1) is 0 Å². The Kier molecular flexibility index (Phi) is 3.27. The number of Topliss-reactive ketones (excluding diaryl/α,β-unsaturated/α-hetero) is 1. The average molecular weight is 154 g/mol. The first-order valence-corrected chi connectivity index (χ1v) is 4.31. The molecular formula is C9H14O2. The van der Waals surface area contributed by atoms with Crippen LogP contribution in [-0.4, -0.2) is 12.1 Å². The lowest BCUT2D eigenvalue weighted by atomic mass is 9.81. The van der Waals surface area contributed by atoms with Gasteiger partial charge in [-0.3, -0.25) is 4.79 Å². The van der Waals surface area contributed by atoms with Gasteiger partial charge < -0.3 is 4.79 Å². The fourth-order valence-corrected chi connectivity index (χ4v) is 1.29. The number of hydrogen-bond donors (Lipinski definition) is 0. The molecule has 0 unspecified atom stereocenters. The third kappa shape index (κ3) is 2.45. The van der Waals surface area contributed by atoms with Crippen molar-refractivity contribution in [2.24, 2.45) is 5.92 Å². The predicted molar refractivity (Wildman–Crippen MR) is 42.3 cm³/mol. The minimum Gasteiger partial charge on any atom is -0.303 e. The molecule has 2 heteroatoms. The Morgan fingerprint density at radius 3 is 2.64 bits per heavy atom. The monoisotopic (exact) mass is 154 g/mol. The van der Waals surface area contributed by atoms with Crippen LogP contribution in [0.25, 0.3) is 0 Å². The molecule has 0 heterocycles. The molecule has 0 amide bonds. The van der Waals surface area contributed by atoms with Crippen LogP contribution in [0.3, 0.4) is 0 Å². The van der Waals surface area contributed by atoms with Crippen molar-refractivity contribution in [2.75, 3.05) is 0 Å². The van der Waals surface area contributed by atoms with Crippen LogP contribution in [0.5, 0.6) is 0 Å². The Bertz CT molecular complexity index is 148. The molecule has 1 rings (SSSR count). The fraction of sp³-hybridized carbons (Fsp3) is 0.778. The Hall–Kier alpha value is -0.660. The lowest BCUT2D eigenvalue weighted by molar-refractivity contribution is -0.125. The Morgan fingerprint density at radius 1 is 1.45 bits per heavy atom. The molecule has 1 aliphatic carbocycles. The number of carbonyl (C=O) groups excluding carboxylic acids is 2. The van der Waals surface area contributed by atoms with Gasteiger partial charge in [0.25, 0.3) is 0 Å². The summed E-state index contributed by atoms with van der Waals surface area (Å²) in [7, 11) is 0. The van der Waals surface area contributed by atoms with Crippen molar-refractivity contribution in [3.8, 4) is 0 Å². The summed E-state index contributed by atoms with van der Waals surface area (Å²) in [6, 6.07) is 0. The highest BCUT2D eigenvalue weighted by atomic mass is 16.1. The first kappa shape index (κ1) is 8.44. The van der Waals surface area contributed by atoms with Crippen LogP contribution in [0.2, 0.25) is 0 Å². The smallest absolute Gasteiger partial charge is 0.135 e. The van der Waals surface area contributed by atoms with E-state index in [9.17, 15) is 9.59 Å². The van der Waals surface area contributed by atoms with Crippen molar-refractivity contribution in [3.63, 3.8) is 0 Å². The van der Waals surface area contributed by atoms with Crippen molar-refractivity contribution in [2.45, 2.75) is 38.5 Å². The number of carbonyl (C=O) groups is 2. The van der Waals surface area contributed by atoms with Crippen LogP contribution in [0, 0.1) is 5.92 Å². The Labute approximate surface area is 67.0 Å². The molecule has 2 nitrogen and oxygen atoms in total. The van der Waals surface area contributed by atoms with Crippen LogP contribution in [0.1, 0.15) is 38.5 Å². The van der Waals surface area contributed by atoms with Gasteiger partial charge in [0.15, 0.2) is 0 Å². The minimum absolute atomic E-state index is 0.349. The number of hydrogen-bond acceptors (Lipinski definition) is 2. The maximum atomic E-state index is 11.2. The van der Waals surface area contributed by atoms with E-state index in [1.807, 2.05) is 0 Å². The highest BCUT2D eigenvalue weighted by Gasteiger charge is 2.23. The summed E-state index contributed by atoms with van der Waals surface area (Å²) < 4.78 is 0. The lowest BCUT2D eigenvalue weighted by Crippen LogP contribution is -2.21. The van der Waals surface area contributed by atoms with Gasteiger partial charge in [-0.1, -0.05) is 6.42 Å². The van der Waals surface area contributed by atoms with E-state index in [0.717, 1.165) is 25.5 Å². The summed E-state index contributed by atoms with van der Waals surface area (Å²) >= 11 is 0. The summed E-state index contributed by atoms with van der Waals surface area (Å²) in [6.45, 7) is 0. The Balaban J connectivity index is 2.05. The molecule has 62 valence electrons. The summed E-state index contributed by atoms with van der Waals surface area (Å²) in [6.07, 6.45) is 6.17. The number of unbranched alkanes of at least 4 members (excludes halogenated alkanes) is 1. The zero-order chi connectivity index (χ0) is 8.10. The van der Waals surface area contributed by atoms with Crippen LogP contribution in [-0.2, 0) is 9.59 Å². The molecule has 0 aromatic heterocycles. The van der Waals surface area contributed by atoms with Gasteiger partial charge in [0.2, 0.25) is 0 Å². The van der Waals surface area contributed by atoms with E-state index < -0.39 is 0 Å². The van der Waals surface area contributed by atoms with Gasteiger partial charge in [-0.2, -0.15) is 0 Å².